The first-order chi connectivity index (χ1) is 16.1. The van der Waals surface area contributed by atoms with Gasteiger partial charge in [0, 0.05) is 29.9 Å². The van der Waals surface area contributed by atoms with Crippen LogP contribution in [0.25, 0.3) is 0 Å². The van der Waals surface area contributed by atoms with Crippen LogP contribution in [0.5, 0.6) is 0 Å². The molecule has 168 valence electrons. The molecule has 0 saturated carbocycles. The average Bonchev–Trinajstić information content (AvgIpc) is 2.86. The Morgan fingerprint density at radius 1 is 0.727 bits per heavy atom. The molecule has 6 heteroatoms. The zero-order chi connectivity index (χ0) is 23.0. The highest BCUT2D eigenvalue weighted by atomic mass is 16.2. The number of benzene rings is 3. The Bertz CT molecular complexity index is 1090. The standard InChI is InChI=1S/C27H27N3O3/c31-25(22-9-5-2-6-10-22)28-24-13-11-23(12-14-24)26(32)29-27(33)30-17-15-21(16-18-30)19-20-7-3-1-4-8-20/h1-14,21H,15-19H2,(H,28,31)(H,29,32,33). The number of amides is 4. The topological polar surface area (TPSA) is 78.5 Å². The summed E-state index contributed by atoms with van der Waals surface area (Å²) in [6, 6.07) is 25.4. The fourth-order valence-corrected chi connectivity index (χ4v) is 4.03. The Balaban J connectivity index is 1.25. The molecule has 0 aromatic heterocycles. The lowest BCUT2D eigenvalue weighted by Crippen LogP contribution is -2.46. The number of nitrogens with one attached hydrogen (secondary N) is 2. The number of carbonyl (C=O) groups is 3. The molecule has 0 atom stereocenters. The molecule has 4 amide bonds. The van der Waals surface area contributed by atoms with Crippen molar-refractivity contribution >= 4 is 23.5 Å². The van der Waals surface area contributed by atoms with Crippen LogP contribution in [0.15, 0.2) is 84.9 Å². The van der Waals surface area contributed by atoms with Gasteiger partial charge in [0.15, 0.2) is 0 Å². The SMILES string of the molecule is O=C(NC(=O)N1CCC(Cc2ccccc2)CC1)c1ccc(NC(=O)c2ccccc2)cc1. The van der Waals surface area contributed by atoms with Crippen LogP contribution in [0.3, 0.4) is 0 Å². The third-order valence-corrected chi connectivity index (χ3v) is 5.93. The Kier molecular flexibility index (Phi) is 7.15. The van der Waals surface area contributed by atoms with Gasteiger partial charge in [0.2, 0.25) is 0 Å². The number of carbonyl (C=O) groups excluding carboxylic acids is 3. The van der Waals surface area contributed by atoms with E-state index in [0.717, 1.165) is 19.3 Å². The highest BCUT2D eigenvalue weighted by Gasteiger charge is 2.24. The molecule has 6 nitrogen and oxygen atoms in total. The fraction of sp³-hybridized carbons (Fsp3) is 0.222. The molecule has 1 aliphatic rings. The Morgan fingerprint density at radius 3 is 1.94 bits per heavy atom. The Morgan fingerprint density at radius 2 is 1.30 bits per heavy atom. The van der Waals surface area contributed by atoms with Crippen molar-refractivity contribution in [2.75, 3.05) is 18.4 Å². The summed E-state index contributed by atoms with van der Waals surface area (Å²) in [5.74, 6) is -0.128. The van der Waals surface area contributed by atoms with Gasteiger partial charge in [-0.3, -0.25) is 14.9 Å². The third kappa shape index (κ3) is 6.07. The molecule has 0 bridgehead atoms. The molecule has 33 heavy (non-hydrogen) atoms. The van der Waals surface area contributed by atoms with Gasteiger partial charge in [0.1, 0.15) is 0 Å². The number of hydrogen-bond donors (Lipinski definition) is 2. The highest BCUT2D eigenvalue weighted by Crippen LogP contribution is 2.21. The zero-order valence-electron chi connectivity index (χ0n) is 18.4. The second-order valence-electron chi connectivity index (χ2n) is 8.28. The van der Waals surface area contributed by atoms with E-state index in [9.17, 15) is 14.4 Å². The van der Waals surface area contributed by atoms with Gasteiger partial charge in [-0.1, -0.05) is 48.5 Å². The summed E-state index contributed by atoms with van der Waals surface area (Å²) in [5.41, 5.74) is 2.81. The van der Waals surface area contributed by atoms with E-state index in [1.807, 2.05) is 24.3 Å². The predicted octanol–water partition coefficient (Wildman–Crippen LogP) is 4.74. The molecule has 0 spiro atoms. The summed E-state index contributed by atoms with van der Waals surface area (Å²) in [4.78, 5) is 39.0. The van der Waals surface area contributed by atoms with E-state index in [4.69, 9.17) is 0 Å². The summed E-state index contributed by atoms with van der Waals surface area (Å²) in [5, 5.41) is 5.27. The average molecular weight is 442 g/mol. The van der Waals surface area contributed by atoms with Crippen LogP contribution in [0.1, 0.15) is 39.1 Å². The number of likely N-dealkylation sites (tertiary alicyclic amines) is 1. The molecule has 1 aliphatic heterocycles. The number of imide groups is 1. The van der Waals surface area contributed by atoms with Gasteiger partial charge in [-0.25, -0.2) is 4.79 Å². The number of urea groups is 1. The molecular weight excluding hydrogens is 414 g/mol. The lowest BCUT2D eigenvalue weighted by molar-refractivity contribution is 0.0944. The van der Waals surface area contributed by atoms with Crippen molar-refractivity contribution in [3.8, 4) is 0 Å². The first kappa shape index (κ1) is 22.3. The monoisotopic (exact) mass is 441 g/mol. The zero-order valence-corrected chi connectivity index (χ0v) is 18.4. The van der Waals surface area contributed by atoms with Crippen LogP contribution < -0.4 is 10.6 Å². The maximum atomic E-state index is 12.6. The van der Waals surface area contributed by atoms with Gasteiger partial charge in [0.25, 0.3) is 11.8 Å². The molecule has 4 rings (SSSR count). The van der Waals surface area contributed by atoms with Crippen molar-refractivity contribution in [2.45, 2.75) is 19.3 Å². The second-order valence-corrected chi connectivity index (χ2v) is 8.28. The van der Waals surface area contributed by atoms with E-state index in [0.29, 0.717) is 35.8 Å². The second kappa shape index (κ2) is 10.6. The summed E-state index contributed by atoms with van der Waals surface area (Å²) in [7, 11) is 0. The van der Waals surface area contributed by atoms with Gasteiger partial charge in [0.05, 0.1) is 0 Å². The number of anilines is 1. The summed E-state index contributed by atoms with van der Waals surface area (Å²) in [6.07, 6.45) is 2.86. The number of hydrogen-bond acceptors (Lipinski definition) is 3. The van der Waals surface area contributed by atoms with Crippen LogP contribution >= 0.6 is 0 Å². The van der Waals surface area contributed by atoms with E-state index in [-0.39, 0.29) is 11.9 Å². The van der Waals surface area contributed by atoms with Crippen molar-refractivity contribution in [1.82, 2.24) is 10.2 Å². The lowest BCUT2D eigenvalue weighted by Gasteiger charge is -2.31. The Hall–Kier alpha value is -3.93. The minimum absolute atomic E-state index is 0.223. The molecule has 0 unspecified atom stereocenters. The van der Waals surface area contributed by atoms with Gasteiger partial charge < -0.3 is 10.2 Å². The highest BCUT2D eigenvalue weighted by molar-refractivity contribution is 6.06. The maximum Gasteiger partial charge on any atom is 0.324 e. The number of piperidine rings is 1. The third-order valence-electron chi connectivity index (χ3n) is 5.93. The van der Waals surface area contributed by atoms with Crippen molar-refractivity contribution in [3.63, 3.8) is 0 Å². The smallest absolute Gasteiger partial charge is 0.324 e. The number of nitrogens with zero attached hydrogens (tertiary/aromatic N) is 1. The van der Waals surface area contributed by atoms with E-state index in [1.54, 1.807) is 53.4 Å². The van der Waals surface area contributed by atoms with E-state index < -0.39 is 5.91 Å². The van der Waals surface area contributed by atoms with Gasteiger partial charge in [-0.05, 0) is 67.1 Å². The molecule has 3 aromatic carbocycles. The maximum absolute atomic E-state index is 12.6. The molecule has 0 radical (unpaired) electrons. The molecular formula is C27H27N3O3. The fourth-order valence-electron chi connectivity index (χ4n) is 4.03. The van der Waals surface area contributed by atoms with Gasteiger partial charge >= 0.3 is 6.03 Å². The predicted molar refractivity (Wildman–Crippen MR) is 128 cm³/mol. The molecule has 3 aromatic rings. The van der Waals surface area contributed by atoms with Gasteiger partial charge in [-0.15, -0.1) is 0 Å². The largest absolute Gasteiger partial charge is 0.324 e. The van der Waals surface area contributed by atoms with Crippen LogP contribution in [-0.2, 0) is 6.42 Å². The van der Waals surface area contributed by atoms with E-state index in [1.165, 1.54) is 5.56 Å². The normalized spacial score (nSPS) is 13.9. The summed E-state index contributed by atoms with van der Waals surface area (Å²) >= 11 is 0. The molecule has 2 N–H and O–H groups in total. The molecule has 0 aliphatic carbocycles. The minimum atomic E-state index is -0.452. The molecule has 1 fully saturated rings. The first-order valence-corrected chi connectivity index (χ1v) is 11.2. The molecule has 1 heterocycles. The summed E-state index contributed by atoms with van der Waals surface area (Å²) in [6.45, 7) is 1.28. The van der Waals surface area contributed by atoms with E-state index >= 15 is 0 Å². The lowest BCUT2D eigenvalue weighted by atomic mass is 9.90. The van der Waals surface area contributed by atoms with Crippen molar-refractivity contribution in [1.29, 1.82) is 0 Å². The van der Waals surface area contributed by atoms with Crippen LogP contribution in [0, 0.1) is 5.92 Å². The van der Waals surface area contributed by atoms with Gasteiger partial charge in [-0.2, -0.15) is 0 Å². The first-order valence-electron chi connectivity index (χ1n) is 11.2. The summed E-state index contributed by atoms with van der Waals surface area (Å²) < 4.78 is 0. The Labute approximate surface area is 193 Å². The van der Waals surface area contributed by atoms with Crippen LogP contribution in [0.4, 0.5) is 10.5 Å². The molecule has 1 saturated heterocycles. The van der Waals surface area contributed by atoms with Crippen LogP contribution in [0.2, 0.25) is 0 Å². The van der Waals surface area contributed by atoms with Crippen LogP contribution in [-0.4, -0.2) is 35.8 Å². The van der Waals surface area contributed by atoms with E-state index in [2.05, 4.69) is 22.8 Å². The minimum Gasteiger partial charge on any atom is -0.324 e. The van der Waals surface area contributed by atoms with Crippen molar-refractivity contribution in [2.24, 2.45) is 5.92 Å². The quantitative estimate of drug-likeness (QED) is 0.600. The number of rotatable bonds is 5. The van der Waals surface area contributed by atoms with Crippen molar-refractivity contribution < 1.29 is 14.4 Å². The van der Waals surface area contributed by atoms with Crippen molar-refractivity contribution in [3.05, 3.63) is 102 Å².